The van der Waals surface area contributed by atoms with Gasteiger partial charge in [-0.05, 0) is 56.0 Å². The summed E-state index contributed by atoms with van der Waals surface area (Å²) in [6, 6.07) is 14.3. The lowest BCUT2D eigenvalue weighted by Crippen LogP contribution is -2.37. The van der Waals surface area contributed by atoms with Gasteiger partial charge in [0.2, 0.25) is 5.91 Å². The van der Waals surface area contributed by atoms with Gasteiger partial charge in [-0.3, -0.25) is 4.79 Å². The van der Waals surface area contributed by atoms with Crippen LogP contribution in [0.15, 0.2) is 60.9 Å². The van der Waals surface area contributed by atoms with Crippen molar-refractivity contribution in [3.63, 3.8) is 0 Å². The molecule has 1 aliphatic rings. The van der Waals surface area contributed by atoms with Crippen molar-refractivity contribution in [2.24, 2.45) is 0 Å². The SMILES string of the molecule is Cc1ccc(C)c(C=CC(=O)N2CCC(c3nccn3Cn3nnc4ccccc43)CC2)c1. The van der Waals surface area contributed by atoms with Gasteiger partial charge in [0.05, 0.1) is 5.52 Å². The molecule has 33 heavy (non-hydrogen) atoms. The maximum Gasteiger partial charge on any atom is 0.246 e. The molecule has 4 aromatic rings. The Balaban J connectivity index is 1.23. The van der Waals surface area contributed by atoms with E-state index in [1.807, 2.05) is 52.3 Å². The van der Waals surface area contributed by atoms with Gasteiger partial charge in [-0.2, -0.15) is 0 Å². The topological polar surface area (TPSA) is 68.8 Å². The Kier molecular flexibility index (Phi) is 5.77. The number of imidazole rings is 1. The number of amides is 1. The van der Waals surface area contributed by atoms with E-state index in [0.29, 0.717) is 12.6 Å². The van der Waals surface area contributed by atoms with Crippen LogP contribution in [0.25, 0.3) is 17.1 Å². The van der Waals surface area contributed by atoms with Crippen LogP contribution in [-0.2, 0) is 11.5 Å². The molecule has 2 aromatic heterocycles. The Morgan fingerprint density at radius 1 is 1.12 bits per heavy atom. The van der Waals surface area contributed by atoms with Gasteiger partial charge in [-0.1, -0.05) is 41.1 Å². The molecule has 0 saturated carbocycles. The molecule has 7 heteroatoms. The summed E-state index contributed by atoms with van der Waals surface area (Å²) in [5.74, 6) is 1.45. The molecule has 1 aliphatic heterocycles. The summed E-state index contributed by atoms with van der Waals surface area (Å²) in [4.78, 5) is 19.4. The number of fused-ring (bicyclic) bond motifs is 1. The first-order valence-corrected chi connectivity index (χ1v) is 11.4. The second-order valence-corrected chi connectivity index (χ2v) is 8.77. The standard InChI is InChI=1S/C26H28N6O/c1-19-7-8-20(2)22(17-19)9-10-25(33)30-14-11-21(12-15-30)26-27-13-16-31(26)18-32-24-6-4-3-5-23(24)28-29-32/h3-10,13,16-17,21H,11-12,14-15,18H2,1-2H3. The third-order valence-electron chi connectivity index (χ3n) is 6.47. The van der Waals surface area contributed by atoms with Crippen LogP contribution in [0.5, 0.6) is 0 Å². The first kappa shape index (κ1) is 21.1. The Bertz CT molecular complexity index is 1310. The predicted molar refractivity (Wildman–Crippen MR) is 129 cm³/mol. The fourth-order valence-electron chi connectivity index (χ4n) is 4.53. The van der Waals surface area contributed by atoms with Crippen LogP contribution in [-0.4, -0.2) is 48.4 Å². The van der Waals surface area contributed by atoms with Crippen molar-refractivity contribution in [2.75, 3.05) is 13.1 Å². The molecule has 1 fully saturated rings. The lowest BCUT2D eigenvalue weighted by molar-refractivity contribution is -0.127. The van der Waals surface area contributed by atoms with Crippen LogP contribution >= 0.6 is 0 Å². The molecule has 3 heterocycles. The van der Waals surface area contributed by atoms with E-state index in [2.05, 4.69) is 51.9 Å². The minimum Gasteiger partial charge on any atom is -0.339 e. The lowest BCUT2D eigenvalue weighted by Gasteiger charge is -2.31. The molecular weight excluding hydrogens is 412 g/mol. The Hall–Kier alpha value is -3.74. The number of hydrogen-bond donors (Lipinski definition) is 0. The van der Waals surface area contributed by atoms with Crippen LogP contribution in [0, 0.1) is 13.8 Å². The van der Waals surface area contributed by atoms with E-state index in [9.17, 15) is 4.79 Å². The Morgan fingerprint density at radius 2 is 1.94 bits per heavy atom. The van der Waals surface area contributed by atoms with E-state index in [-0.39, 0.29) is 5.91 Å². The number of aromatic nitrogens is 5. The minimum absolute atomic E-state index is 0.0757. The van der Waals surface area contributed by atoms with Gasteiger partial charge < -0.3 is 9.47 Å². The molecule has 1 amide bonds. The maximum atomic E-state index is 12.8. The zero-order valence-corrected chi connectivity index (χ0v) is 19.1. The number of piperidine rings is 1. The molecule has 0 unspecified atom stereocenters. The minimum atomic E-state index is 0.0757. The Labute approximate surface area is 193 Å². The average molecular weight is 441 g/mol. The van der Waals surface area contributed by atoms with Crippen molar-refractivity contribution >= 4 is 23.0 Å². The van der Waals surface area contributed by atoms with Crippen LogP contribution < -0.4 is 0 Å². The number of nitrogens with zero attached hydrogens (tertiary/aromatic N) is 6. The number of hydrogen-bond acceptors (Lipinski definition) is 4. The summed E-state index contributed by atoms with van der Waals surface area (Å²) < 4.78 is 4.04. The van der Waals surface area contributed by atoms with Gasteiger partial charge in [0.1, 0.15) is 18.0 Å². The first-order valence-electron chi connectivity index (χ1n) is 11.4. The highest BCUT2D eigenvalue weighted by Gasteiger charge is 2.25. The molecule has 1 saturated heterocycles. The Morgan fingerprint density at radius 3 is 2.79 bits per heavy atom. The maximum absolute atomic E-state index is 12.8. The average Bonchev–Trinajstić information content (AvgIpc) is 3.47. The van der Waals surface area contributed by atoms with Gasteiger partial charge in [0, 0.05) is 37.5 Å². The second-order valence-electron chi connectivity index (χ2n) is 8.77. The number of likely N-dealkylation sites (tertiary alicyclic amines) is 1. The van der Waals surface area contributed by atoms with Crippen LogP contribution in [0.3, 0.4) is 0 Å². The summed E-state index contributed by atoms with van der Waals surface area (Å²) in [5.41, 5.74) is 5.37. The van der Waals surface area contributed by atoms with E-state index < -0.39 is 0 Å². The molecular formula is C26H28N6O. The molecule has 0 N–H and O–H groups in total. The zero-order chi connectivity index (χ0) is 22.8. The van der Waals surface area contributed by atoms with Gasteiger partial charge >= 0.3 is 0 Å². The molecule has 0 spiro atoms. The highest BCUT2D eigenvalue weighted by Crippen LogP contribution is 2.27. The number of para-hydroxylation sites is 1. The van der Waals surface area contributed by atoms with Crippen LogP contribution in [0.4, 0.5) is 0 Å². The largest absolute Gasteiger partial charge is 0.339 e. The summed E-state index contributed by atoms with van der Waals surface area (Å²) >= 11 is 0. The third kappa shape index (κ3) is 4.44. The first-order chi connectivity index (χ1) is 16.1. The van der Waals surface area contributed by atoms with Gasteiger partial charge in [0.25, 0.3) is 0 Å². The summed E-state index contributed by atoms with van der Waals surface area (Å²) in [5, 5.41) is 8.56. The molecule has 2 aromatic carbocycles. The predicted octanol–water partition coefficient (Wildman–Crippen LogP) is 4.17. The summed E-state index contributed by atoms with van der Waals surface area (Å²) in [6.07, 6.45) is 9.29. The normalized spacial score (nSPS) is 15.0. The number of aryl methyl sites for hydroxylation is 2. The lowest BCUT2D eigenvalue weighted by atomic mass is 9.95. The molecule has 168 valence electrons. The monoisotopic (exact) mass is 440 g/mol. The smallest absolute Gasteiger partial charge is 0.246 e. The van der Waals surface area contributed by atoms with E-state index in [0.717, 1.165) is 48.4 Å². The van der Waals surface area contributed by atoms with Crippen molar-refractivity contribution in [3.05, 3.63) is 83.4 Å². The molecule has 0 radical (unpaired) electrons. The van der Waals surface area contributed by atoms with E-state index in [4.69, 9.17) is 0 Å². The van der Waals surface area contributed by atoms with Crippen molar-refractivity contribution in [1.29, 1.82) is 0 Å². The highest BCUT2D eigenvalue weighted by atomic mass is 16.2. The number of carbonyl (C=O) groups is 1. The number of rotatable bonds is 5. The van der Waals surface area contributed by atoms with Gasteiger partial charge in [-0.25, -0.2) is 9.67 Å². The molecule has 0 atom stereocenters. The quantitative estimate of drug-likeness (QED) is 0.437. The van der Waals surface area contributed by atoms with Gasteiger partial charge in [-0.15, -0.1) is 5.10 Å². The summed E-state index contributed by atoms with van der Waals surface area (Å²) in [6.45, 7) is 6.19. The second kappa shape index (κ2) is 9.02. The van der Waals surface area contributed by atoms with Crippen molar-refractivity contribution in [3.8, 4) is 0 Å². The van der Waals surface area contributed by atoms with E-state index in [1.165, 1.54) is 11.1 Å². The molecule has 0 aliphatic carbocycles. The highest BCUT2D eigenvalue weighted by molar-refractivity contribution is 5.92. The number of benzene rings is 2. The van der Waals surface area contributed by atoms with Crippen molar-refractivity contribution in [1.82, 2.24) is 29.4 Å². The third-order valence-corrected chi connectivity index (χ3v) is 6.47. The van der Waals surface area contributed by atoms with Crippen molar-refractivity contribution in [2.45, 2.75) is 39.3 Å². The molecule has 7 nitrogen and oxygen atoms in total. The van der Waals surface area contributed by atoms with E-state index in [1.54, 1.807) is 6.08 Å². The molecule has 0 bridgehead atoms. The summed E-state index contributed by atoms with van der Waals surface area (Å²) in [7, 11) is 0. The van der Waals surface area contributed by atoms with Crippen LogP contribution in [0.2, 0.25) is 0 Å². The zero-order valence-electron chi connectivity index (χ0n) is 19.1. The van der Waals surface area contributed by atoms with Crippen LogP contribution in [0.1, 0.15) is 41.3 Å². The van der Waals surface area contributed by atoms with E-state index >= 15 is 0 Å². The molecule has 5 rings (SSSR count). The fraction of sp³-hybridized carbons (Fsp3) is 0.308. The van der Waals surface area contributed by atoms with Crippen molar-refractivity contribution < 1.29 is 4.79 Å². The van der Waals surface area contributed by atoms with Gasteiger partial charge in [0.15, 0.2) is 0 Å². The fourth-order valence-corrected chi connectivity index (χ4v) is 4.53. The number of carbonyl (C=O) groups excluding carboxylic acids is 1.